The summed E-state index contributed by atoms with van der Waals surface area (Å²) in [5.74, 6) is 0.167. The van der Waals surface area contributed by atoms with E-state index in [4.69, 9.17) is 4.74 Å². The van der Waals surface area contributed by atoms with Crippen LogP contribution in [0.2, 0.25) is 0 Å². The molecule has 0 saturated carbocycles. The normalized spacial score (nSPS) is 21.7. The van der Waals surface area contributed by atoms with Gasteiger partial charge in [-0.2, -0.15) is 10.4 Å². The van der Waals surface area contributed by atoms with E-state index in [0.29, 0.717) is 32.7 Å². The number of benzene rings is 1. The molecule has 1 amide bonds. The highest BCUT2D eigenvalue weighted by Crippen LogP contribution is 2.43. The van der Waals surface area contributed by atoms with Crippen LogP contribution < -0.4 is 10.2 Å². The Kier molecular flexibility index (Phi) is 6.35. The molecule has 2 atom stereocenters. The highest BCUT2D eigenvalue weighted by Gasteiger charge is 2.34. The third-order valence-corrected chi connectivity index (χ3v) is 7.31. The van der Waals surface area contributed by atoms with Crippen LogP contribution >= 0.6 is 0 Å². The van der Waals surface area contributed by atoms with Crippen molar-refractivity contribution in [3.05, 3.63) is 59.7 Å². The first kappa shape index (κ1) is 23.2. The van der Waals surface area contributed by atoms with E-state index in [9.17, 15) is 10.1 Å². The summed E-state index contributed by atoms with van der Waals surface area (Å²) >= 11 is 0. The van der Waals surface area contributed by atoms with Crippen molar-refractivity contribution in [2.24, 2.45) is 7.05 Å². The van der Waals surface area contributed by atoms with Crippen molar-refractivity contribution in [3.8, 4) is 17.2 Å². The molecule has 8 nitrogen and oxygen atoms in total. The molecule has 1 fully saturated rings. The maximum atomic E-state index is 12.2. The van der Waals surface area contributed by atoms with Gasteiger partial charge < -0.3 is 19.9 Å². The van der Waals surface area contributed by atoms with Crippen LogP contribution in [0.1, 0.15) is 37.7 Å². The van der Waals surface area contributed by atoms with Crippen molar-refractivity contribution in [2.75, 3.05) is 37.7 Å². The van der Waals surface area contributed by atoms with Gasteiger partial charge in [0.25, 0.3) is 0 Å². The molecule has 4 heterocycles. The van der Waals surface area contributed by atoms with Crippen molar-refractivity contribution < 1.29 is 9.53 Å². The second-order valence-electron chi connectivity index (χ2n) is 9.65. The van der Waals surface area contributed by atoms with Crippen molar-refractivity contribution in [1.29, 1.82) is 5.26 Å². The molecule has 1 aromatic heterocycles. The highest BCUT2D eigenvalue weighted by molar-refractivity contribution is 5.76. The van der Waals surface area contributed by atoms with E-state index in [1.165, 1.54) is 0 Å². The van der Waals surface area contributed by atoms with Crippen molar-refractivity contribution in [1.82, 2.24) is 20.0 Å². The largest absolute Gasteiger partial charge is 0.383 e. The monoisotopic (exact) mass is 472 g/mol. The Labute approximate surface area is 206 Å². The summed E-state index contributed by atoms with van der Waals surface area (Å²) in [6, 6.07) is 9.08. The number of nitriles is 1. The molecule has 35 heavy (non-hydrogen) atoms. The summed E-state index contributed by atoms with van der Waals surface area (Å²) in [4.78, 5) is 16.3. The molecule has 8 heteroatoms. The Hall–Kier alpha value is -3.57. The SMILES string of the molecule is C=C(C1=C(NC2CCOC2)CCN(C(C)=O)C1)N1CC(CC#N)c2cc(-c3cnn(C)c3)ccc21. The predicted octanol–water partition coefficient (Wildman–Crippen LogP) is 3.30. The Morgan fingerprint density at radius 2 is 2.23 bits per heavy atom. The molecule has 1 N–H and O–H groups in total. The molecular formula is C27H32N6O2. The zero-order chi connectivity index (χ0) is 24.5. The van der Waals surface area contributed by atoms with Crippen LogP contribution in [-0.4, -0.2) is 59.5 Å². The van der Waals surface area contributed by atoms with Gasteiger partial charge in [0.1, 0.15) is 0 Å². The zero-order valence-electron chi connectivity index (χ0n) is 20.5. The number of nitrogens with zero attached hydrogens (tertiary/aromatic N) is 5. The zero-order valence-corrected chi connectivity index (χ0v) is 20.5. The smallest absolute Gasteiger partial charge is 0.219 e. The minimum Gasteiger partial charge on any atom is -0.383 e. The maximum Gasteiger partial charge on any atom is 0.219 e. The molecule has 0 bridgehead atoms. The number of rotatable bonds is 6. The average molecular weight is 473 g/mol. The molecule has 3 aliphatic rings. The van der Waals surface area contributed by atoms with Crippen LogP contribution in [0.4, 0.5) is 5.69 Å². The molecule has 5 rings (SSSR count). The van der Waals surface area contributed by atoms with Crippen LogP contribution in [0, 0.1) is 11.3 Å². The molecule has 0 aliphatic carbocycles. The fourth-order valence-corrected chi connectivity index (χ4v) is 5.35. The first-order chi connectivity index (χ1) is 16.9. The summed E-state index contributed by atoms with van der Waals surface area (Å²) in [5.41, 5.74) is 7.51. The molecule has 1 aromatic carbocycles. The Morgan fingerprint density at radius 1 is 1.37 bits per heavy atom. The molecule has 2 unspecified atom stereocenters. The van der Waals surface area contributed by atoms with Gasteiger partial charge in [-0.1, -0.05) is 12.6 Å². The number of aryl methyl sites for hydroxylation is 1. The number of hydrogen-bond acceptors (Lipinski definition) is 6. The summed E-state index contributed by atoms with van der Waals surface area (Å²) in [5, 5.41) is 17.5. The van der Waals surface area contributed by atoms with Gasteiger partial charge in [0.05, 0.1) is 24.9 Å². The van der Waals surface area contributed by atoms with Gasteiger partial charge in [-0.05, 0) is 29.7 Å². The second kappa shape index (κ2) is 9.59. The first-order valence-corrected chi connectivity index (χ1v) is 12.2. The number of carbonyl (C=O) groups is 1. The number of carbonyl (C=O) groups excluding carboxylic acids is 1. The molecule has 2 aromatic rings. The number of hydrogen-bond donors (Lipinski definition) is 1. The van der Waals surface area contributed by atoms with Gasteiger partial charge in [-0.15, -0.1) is 0 Å². The lowest BCUT2D eigenvalue weighted by Gasteiger charge is -2.35. The van der Waals surface area contributed by atoms with Gasteiger partial charge in [0.2, 0.25) is 5.91 Å². The molecule has 0 radical (unpaired) electrons. The summed E-state index contributed by atoms with van der Waals surface area (Å²) < 4.78 is 7.37. The molecule has 1 saturated heterocycles. The van der Waals surface area contributed by atoms with Crippen LogP contribution in [-0.2, 0) is 16.6 Å². The first-order valence-electron chi connectivity index (χ1n) is 12.2. The number of amides is 1. The lowest BCUT2D eigenvalue weighted by molar-refractivity contribution is -0.128. The number of aromatic nitrogens is 2. The van der Waals surface area contributed by atoms with Gasteiger partial charge in [0.15, 0.2) is 0 Å². The van der Waals surface area contributed by atoms with E-state index in [-0.39, 0.29) is 17.9 Å². The van der Waals surface area contributed by atoms with E-state index in [1.54, 1.807) is 11.6 Å². The Morgan fingerprint density at radius 3 is 2.91 bits per heavy atom. The standard InChI is InChI=1S/C27H32N6O2/c1-18(25-16-32(19(2)34)10-7-26(25)30-23-8-11-35-17-23)33-15-21(6-9-28)24-12-20(4-5-27(24)33)22-13-29-31(3)14-22/h4-5,12-14,21,23,30H,1,6-8,10-11,15-17H2,2-3H3. The summed E-state index contributed by atoms with van der Waals surface area (Å²) in [6.07, 6.45) is 6.05. The molecule has 182 valence electrons. The van der Waals surface area contributed by atoms with E-state index in [1.807, 2.05) is 24.3 Å². The van der Waals surface area contributed by atoms with Crippen LogP contribution in [0.3, 0.4) is 0 Å². The van der Waals surface area contributed by atoms with E-state index < -0.39 is 0 Å². The lowest BCUT2D eigenvalue weighted by Crippen LogP contribution is -2.42. The summed E-state index contributed by atoms with van der Waals surface area (Å²) in [7, 11) is 1.91. The minimum absolute atomic E-state index is 0.0730. The quantitative estimate of drug-likeness (QED) is 0.694. The predicted molar refractivity (Wildman–Crippen MR) is 134 cm³/mol. The average Bonchev–Trinajstić information content (AvgIpc) is 3.60. The lowest BCUT2D eigenvalue weighted by atomic mass is 9.95. The van der Waals surface area contributed by atoms with Gasteiger partial charge in [0, 0.05) is 93.4 Å². The maximum absolute atomic E-state index is 12.2. The fraction of sp³-hybridized carbons (Fsp3) is 0.444. The van der Waals surface area contributed by atoms with Gasteiger partial charge >= 0.3 is 0 Å². The van der Waals surface area contributed by atoms with Crippen LogP contribution in [0.15, 0.2) is 54.1 Å². The van der Waals surface area contributed by atoms with Crippen molar-refractivity contribution >= 4 is 11.6 Å². The fourth-order valence-electron chi connectivity index (χ4n) is 5.35. The van der Waals surface area contributed by atoms with Gasteiger partial charge in [-0.25, -0.2) is 0 Å². The second-order valence-corrected chi connectivity index (χ2v) is 9.65. The summed E-state index contributed by atoms with van der Waals surface area (Å²) in [6.45, 7) is 9.55. The van der Waals surface area contributed by atoms with E-state index in [2.05, 4.69) is 46.2 Å². The molecule has 0 spiro atoms. The third kappa shape index (κ3) is 4.56. The van der Waals surface area contributed by atoms with Crippen molar-refractivity contribution in [3.63, 3.8) is 0 Å². The molecule has 3 aliphatic heterocycles. The van der Waals surface area contributed by atoms with Crippen LogP contribution in [0.5, 0.6) is 0 Å². The van der Waals surface area contributed by atoms with Crippen molar-refractivity contribution in [2.45, 2.75) is 38.1 Å². The van der Waals surface area contributed by atoms with Crippen LogP contribution in [0.25, 0.3) is 11.1 Å². The number of anilines is 1. The minimum atomic E-state index is 0.0730. The molecular weight excluding hydrogens is 440 g/mol. The van der Waals surface area contributed by atoms with E-state index in [0.717, 1.165) is 58.8 Å². The van der Waals surface area contributed by atoms with Gasteiger partial charge in [-0.3, -0.25) is 9.48 Å². The third-order valence-electron chi connectivity index (χ3n) is 7.31. The number of ether oxygens (including phenoxy) is 1. The topological polar surface area (TPSA) is 86.4 Å². The number of fused-ring (bicyclic) bond motifs is 1. The Bertz CT molecular complexity index is 1220. The number of nitrogens with one attached hydrogen (secondary N) is 1. The van der Waals surface area contributed by atoms with E-state index >= 15 is 0 Å². The highest BCUT2D eigenvalue weighted by atomic mass is 16.5. The Balaban J connectivity index is 1.49.